The highest BCUT2D eigenvalue weighted by molar-refractivity contribution is 7.11. The third-order valence-electron chi connectivity index (χ3n) is 3.69. The fourth-order valence-electron chi connectivity index (χ4n) is 2.55. The molecule has 2 N–H and O–H groups in total. The lowest BCUT2D eigenvalue weighted by molar-refractivity contribution is 0.271. The second-order valence-corrected chi connectivity index (χ2v) is 7.09. The Hall–Kier alpha value is -1.14. The third kappa shape index (κ3) is 8.64. The number of rotatable bonds is 12. The van der Waals surface area contributed by atoms with Gasteiger partial charge in [0.1, 0.15) is 5.01 Å². The Bertz CT molecular complexity index is 452. The van der Waals surface area contributed by atoms with E-state index in [1.165, 1.54) is 30.8 Å². The van der Waals surface area contributed by atoms with E-state index in [-0.39, 0.29) is 0 Å². The van der Waals surface area contributed by atoms with Crippen LogP contribution in [-0.4, -0.2) is 48.6 Å². The first kappa shape index (κ1) is 20.9. The normalized spacial score (nSPS) is 12.0. The van der Waals surface area contributed by atoms with E-state index in [0.717, 1.165) is 43.4 Å². The molecule has 0 aliphatic rings. The smallest absolute Gasteiger partial charge is 0.191 e. The standard InChI is InChI=1S/C18H35N5S/c1-5-11-23(12-6-2)13-9-10-20-18(19-8-4)22-15-17-21-14-16(7-3)24-17/h14H,5-13,15H2,1-4H3,(H2,19,20,22). The highest BCUT2D eigenvalue weighted by atomic mass is 32.1. The topological polar surface area (TPSA) is 52.5 Å². The van der Waals surface area contributed by atoms with E-state index in [9.17, 15) is 0 Å². The summed E-state index contributed by atoms with van der Waals surface area (Å²) in [5.74, 6) is 0.892. The molecular formula is C18H35N5S. The van der Waals surface area contributed by atoms with Crippen molar-refractivity contribution in [3.05, 3.63) is 16.1 Å². The molecule has 0 radical (unpaired) electrons. The van der Waals surface area contributed by atoms with Crippen molar-refractivity contribution in [3.8, 4) is 0 Å². The number of nitrogens with one attached hydrogen (secondary N) is 2. The van der Waals surface area contributed by atoms with Gasteiger partial charge in [-0.15, -0.1) is 11.3 Å². The highest BCUT2D eigenvalue weighted by Gasteiger charge is 2.04. The maximum Gasteiger partial charge on any atom is 0.191 e. The van der Waals surface area contributed by atoms with Gasteiger partial charge in [-0.1, -0.05) is 20.8 Å². The molecule has 0 spiro atoms. The lowest BCUT2D eigenvalue weighted by Gasteiger charge is -2.21. The van der Waals surface area contributed by atoms with Gasteiger partial charge in [-0.25, -0.2) is 9.98 Å². The van der Waals surface area contributed by atoms with E-state index in [1.807, 2.05) is 6.20 Å². The molecule has 0 aromatic carbocycles. The Balaban J connectivity index is 2.37. The third-order valence-corrected chi connectivity index (χ3v) is 4.82. The van der Waals surface area contributed by atoms with Crippen molar-refractivity contribution in [1.29, 1.82) is 0 Å². The maximum atomic E-state index is 4.65. The van der Waals surface area contributed by atoms with E-state index in [4.69, 9.17) is 0 Å². The summed E-state index contributed by atoms with van der Waals surface area (Å²) < 4.78 is 0. The molecule has 24 heavy (non-hydrogen) atoms. The molecule has 5 nitrogen and oxygen atoms in total. The second kappa shape index (κ2) is 13.2. The molecule has 0 unspecified atom stereocenters. The van der Waals surface area contributed by atoms with Crippen LogP contribution in [-0.2, 0) is 13.0 Å². The summed E-state index contributed by atoms with van der Waals surface area (Å²) in [6.45, 7) is 14.8. The lowest BCUT2D eigenvalue weighted by Crippen LogP contribution is -2.39. The van der Waals surface area contributed by atoms with Crippen LogP contribution >= 0.6 is 11.3 Å². The summed E-state index contributed by atoms with van der Waals surface area (Å²) in [5, 5.41) is 7.84. The van der Waals surface area contributed by atoms with E-state index in [2.05, 4.69) is 53.2 Å². The fraction of sp³-hybridized carbons (Fsp3) is 0.778. The number of guanidine groups is 1. The minimum Gasteiger partial charge on any atom is -0.357 e. The number of aromatic nitrogens is 1. The zero-order valence-corrected chi connectivity index (χ0v) is 16.7. The quantitative estimate of drug-likeness (QED) is 0.344. The molecule has 0 saturated carbocycles. The average Bonchev–Trinajstić information content (AvgIpc) is 3.04. The summed E-state index contributed by atoms with van der Waals surface area (Å²) in [6.07, 6.45) is 6.61. The van der Waals surface area contributed by atoms with Crippen molar-refractivity contribution in [2.45, 2.75) is 59.9 Å². The van der Waals surface area contributed by atoms with Crippen LogP contribution in [0.4, 0.5) is 0 Å². The molecule has 6 heteroatoms. The number of hydrogen-bond acceptors (Lipinski definition) is 4. The van der Waals surface area contributed by atoms with Crippen LogP contribution in [0.15, 0.2) is 11.2 Å². The van der Waals surface area contributed by atoms with Gasteiger partial charge in [0.15, 0.2) is 5.96 Å². The van der Waals surface area contributed by atoms with Gasteiger partial charge >= 0.3 is 0 Å². The zero-order chi connectivity index (χ0) is 17.6. The van der Waals surface area contributed by atoms with Crippen LogP contribution in [0.5, 0.6) is 0 Å². The van der Waals surface area contributed by atoms with E-state index < -0.39 is 0 Å². The Morgan fingerprint density at radius 2 is 1.88 bits per heavy atom. The summed E-state index contributed by atoms with van der Waals surface area (Å²) in [7, 11) is 0. The summed E-state index contributed by atoms with van der Waals surface area (Å²) in [4.78, 5) is 13.0. The summed E-state index contributed by atoms with van der Waals surface area (Å²) in [5.41, 5.74) is 0. The van der Waals surface area contributed by atoms with Crippen LogP contribution in [0.3, 0.4) is 0 Å². The second-order valence-electron chi connectivity index (χ2n) is 5.89. The molecule has 0 bridgehead atoms. The molecule has 0 amide bonds. The number of hydrogen-bond donors (Lipinski definition) is 2. The lowest BCUT2D eigenvalue weighted by atomic mass is 10.3. The van der Waals surface area contributed by atoms with Crippen molar-refractivity contribution in [2.75, 3.05) is 32.7 Å². The SMILES string of the molecule is CCCN(CCC)CCCNC(=NCc1ncc(CC)s1)NCC. The van der Waals surface area contributed by atoms with E-state index >= 15 is 0 Å². The largest absolute Gasteiger partial charge is 0.357 e. The van der Waals surface area contributed by atoms with Crippen molar-refractivity contribution >= 4 is 17.3 Å². The number of aryl methyl sites for hydroxylation is 1. The Labute approximate surface area is 152 Å². The van der Waals surface area contributed by atoms with E-state index in [0.29, 0.717) is 6.54 Å². The summed E-state index contributed by atoms with van der Waals surface area (Å²) in [6, 6.07) is 0. The van der Waals surface area contributed by atoms with Crippen molar-refractivity contribution in [2.24, 2.45) is 4.99 Å². The molecule has 138 valence electrons. The minimum atomic E-state index is 0.651. The van der Waals surface area contributed by atoms with Crippen molar-refractivity contribution < 1.29 is 0 Å². The van der Waals surface area contributed by atoms with Crippen LogP contribution in [0, 0.1) is 0 Å². The first-order chi connectivity index (χ1) is 11.7. The Morgan fingerprint density at radius 1 is 1.12 bits per heavy atom. The van der Waals surface area contributed by atoms with Gasteiger partial charge in [0.25, 0.3) is 0 Å². The van der Waals surface area contributed by atoms with Crippen LogP contribution in [0.1, 0.15) is 56.8 Å². The molecule has 0 saturated heterocycles. The first-order valence-corrected chi connectivity index (χ1v) is 10.2. The number of aliphatic imine (C=N–C) groups is 1. The molecule has 1 aromatic heterocycles. The zero-order valence-electron chi connectivity index (χ0n) is 15.9. The van der Waals surface area contributed by atoms with Crippen LogP contribution < -0.4 is 10.6 Å². The Kier molecular flexibility index (Phi) is 11.5. The average molecular weight is 354 g/mol. The first-order valence-electron chi connectivity index (χ1n) is 9.41. The van der Waals surface area contributed by atoms with Gasteiger partial charge in [-0.05, 0) is 52.2 Å². The molecule has 1 rings (SSSR count). The molecule has 0 fully saturated rings. The number of nitrogens with zero attached hydrogens (tertiary/aromatic N) is 3. The van der Waals surface area contributed by atoms with Crippen molar-refractivity contribution in [1.82, 2.24) is 20.5 Å². The summed E-state index contributed by atoms with van der Waals surface area (Å²) >= 11 is 1.76. The molecule has 0 aliphatic carbocycles. The van der Waals surface area contributed by atoms with Gasteiger partial charge in [-0.3, -0.25) is 0 Å². The monoisotopic (exact) mass is 353 g/mol. The minimum absolute atomic E-state index is 0.651. The maximum absolute atomic E-state index is 4.65. The predicted molar refractivity (Wildman–Crippen MR) is 106 cm³/mol. The van der Waals surface area contributed by atoms with Gasteiger partial charge in [-0.2, -0.15) is 0 Å². The van der Waals surface area contributed by atoms with Gasteiger partial charge in [0.2, 0.25) is 0 Å². The fourth-order valence-corrected chi connectivity index (χ4v) is 3.34. The predicted octanol–water partition coefficient (Wildman–Crippen LogP) is 3.27. The van der Waals surface area contributed by atoms with Gasteiger partial charge < -0.3 is 15.5 Å². The number of thiazole rings is 1. The van der Waals surface area contributed by atoms with Crippen molar-refractivity contribution in [3.63, 3.8) is 0 Å². The van der Waals surface area contributed by atoms with Gasteiger partial charge in [0.05, 0.1) is 6.54 Å². The van der Waals surface area contributed by atoms with Crippen LogP contribution in [0.25, 0.3) is 0 Å². The molecule has 0 aliphatic heterocycles. The van der Waals surface area contributed by atoms with E-state index in [1.54, 1.807) is 11.3 Å². The molecular weight excluding hydrogens is 318 g/mol. The molecule has 0 atom stereocenters. The van der Waals surface area contributed by atoms with Crippen LogP contribution in [0.2, 0.25) is 0 Å². The molecule has 1 heterocycles. The molecule has 1 aromatic rings. The Morgan fingerprint density at radius 3 is 2.46 bits per heavy atom. The van der Waals surface area contributed by atoms with Gasteiger partial charge in [0, 0.05) is 24.2 Å². The highest BCUT2D eigenvalue weighted by Crippen LogP contribution is 2.13.